The molecular formula is C25H26N6O2. The molecule has 2 aromatic carbocycles. The first-order valence-electron chi connectivity index (χ1n) is 11.1. The van der Waals surface area contributed by atoms with Gasteiger partial charge in [0.25, 0.3) is 5.91 Å². The molecule has 168 valence electrons. The van der Waals surface area contributed by atoms with Gasteiger partial charge in [0.05, 0.1) is 11.4 Å². The summed E-state index contributed by atoms with van der Waals surface area (Å²) in [7, 11) is 3.48. The average molecular weight is 443 g/mol. The molecule has 0 saturated carbocycles. The van der Waals surface area contributed by atoms with E-state index in [2.05, 4.69) is 10.2 Å². The van der Waals surface area contributed by atoms with E-state index in [1.165, 1.54) is 4.68 Å². The molecule has 1 amide bonds. The van der Waals surface area contributed by atoms with Crippen LogP contribution in [-0.2, 0) is 14.1 Å². The van der Waals surface area contributed by atoms with Crippen LogP contribution in [0.4, 0.5) is 0 Å². The molecule has 2 aromatic heterocycles. The zero-order chi connectivity index (χ0) is 22.9. The lowest BCUT2D eigenvalue weighted by Crippen LogP contribution is -2.39. The van der Waals surface area contributed by atoms with Crippen LogP contribution in [0.5, 0.6) is 0 Å². The van der Waals surface area contributed by atoms with Gasteiger partial charge in [0.1, 0.15) is 11.5 Å². The van der Waals surface area contributed by atoms with Gasteiger partial charge in [-0.1, -0.05) is 48.5 Å². The van der Waals surface area contributed by atoms with Crippen molar-refractivity contribution in [1.82, 2.24) is 29.0 Å². The molecule has 33 heavy (non-hydrogen) atoms. The molecule has 3 heterocycles. The van der Waals surface area contributed by atoms with Gasteiger partial charge in [-0.05, 0) is 31.0 Å². The number of amides is 1. The predicted molar refractivity (Wildman–Crippen MR) is 125 cm³/mol. The van der Waals surface area contributed by atoms with E-state index in [0.29, 0.717) is 18.8 Å². The maximum absolute atomic E-state index is 13.2. The summed E-state index contributed by atoms with van der Waals surface area (Å²) in [6.45, 7) is 1.21. The Balaban J connectivity index is 1.34. The SMILES string of the molecule is Cn1nc(-c2ccccc2)cc1C(=O)N1CCC(c2nn(C)c(=O)n2-c2ccccc2)CC1. The Morgan fingerprint density at radius 2 is 1.52 bits per heavy atom. The molecule has 5 rings (SSSR count). The Labute approximate surface area is 191 Å². The van der Waals surface area contributed by atoms with Crippen molar-refractivity contribution in [2.24, 2.45) is 14.1 Å². The number of nitrogens with zero attached hydrogens (tertiary/aromatic N) is 6. The lowest BCUT2D eigenvalue weighted by Gasteiger charge is -2.31. The molecule has 0 unspecified atom stereocenters. The third-order valence-corrected chi connectivity index (χ3v) is 6.28. The monoisotopic (exact) mass is 442 g/mol. The van der Waals surface area contributed by atoms with Crippen LogP contribution in [0, 0.1) is 0 Å². The third kappa shape index (κ3) is 3.88. The Kier molecular flexibility index (Phi) is 5.42. The highest BCUT2D eigenvalue weighted by Gasteiger charge is 2.30. The highest BCUT2D eigenvalue weighted by molar-refractivity contribution is 5.93. The number of piperidine rings is 1. The first kappa shape index (κ1) is 20.9. The van der Waals surface area contributed by atoms with Crippen LogP contribution in [0.1, 0.15) is 35.1 Å². The number of rotatable bonds is 4. The number of hydrogen-bond donors (Lipinski definition) is 0. The van der Waals surface area contributed by atoms with Crippen LogP contribution in [0.15, 0.2) is 71.5 Å². The Morgan fingerprint density at radius 3 is 2.18 bits per heavy atom. The molecule has 0 spiro atoms. The number of para-hydroxylation sites is 1. The third-order valence-electron chi connectivity index (χ3n) is 6.28. The number of likely N-dealkylation sites (tertiary alicyclic amines) is 1. The minimum absolute atomic E-state index is 0.0212. The van der Waals surface area contributed by atoms with Gasteiger partial charge >= 0.3 is 5.69 Å². The highest BCUT2D eigenvalue weighted by Crippen LogP contribution is 2.29. The first-order valence-corrected chi connectivity index (χ1v) is 11.1. The lowest BCUT2D eigenvalue weighted by atomic mass is 9.95. The molecule has 4 aromatic rings. The molecule has 8 heteroatoms. The van der Waals surface area contributed by atoms with Crippen LogP contribution in [0.3, 0.4) is 0 Å². The van der Waals surface area contributed by atoms with Crippen LogP contribution < -0.4 is 5.69 Å². The second kappa shape index (κ2) is 8.54. The average Bonchev–Trinajstić information content (AvgIpc) is 3.39. The molecule has 1 saturated heterocycles. The zero-order valence-corrected chi connectivity index (χ0v) is 18.8. The molecule has 1 aliphatic rings. The number of aromatic nitrogens is 5. The fraction of sp³-hybridized carbons (Fsp3) is 0.280. The fourth-order valence-corrected chi connectivity index (χ4v) is 4.49. The Morgan fingerprint density at radius 1 is 0.879 bits per heavy atom. The van der Waals surface area contributed by atoms with E-state index in [1.54, 1.807) is 23.3 Å². The summed E-state index contributed by atoms with van der Waals surface area (Å²) in [4.78, 5) is 27.9. The number of aryl methyl sites for hydroxylation is 2. The maximum Gasteiger partial charge on any atom is 0.350 e. The van der Waals surface area contributed by atoms with Gasteiger partial charge in [-0.15, -0.1) is 0 Å². The van der Waals surface area contributed by atoms with E-state index in [9.17, 15) is 9.59 Å². The molecule has 0 N–H and O–H groups in total. The Bertz CT molecular complexity index is 1330. The first-order chi connectivity index (χ1) is 16.0. The number of carbonyl (C=O) groups is 1. The van der Waals surface area contributed by atoms with Gasteiger partial charge in [-0.2, -0.15) is 10.2 Å². The number of carbonyl (C=O) groups excluding carboxylic acids is 1. The fourth-order valence-electron chi connectivity index (χ4n) is 4.49. The van der Waals surface area contributed by atoms with Crippen molar-refractivity contribution >= 4 is 5.91 Å². The van der Waals surface area contributed by atoms with Crippen LogP contribution in [-0.4, -0.2) is 48.0 Å². The summed E-state index contributed by atoms with van der Waals surface area (Å²) in [6.07, 6.45) is 1.50. The normalized spacial score (nSPS) is 14.5. The van der Waals surface area contributed by atoms with Gasteiger partial charge in [0.15, 0.2) is 0 Å². The molecule has 1 aliphatic heterocycles. The molecule has 0 radical (unpaired) electrons. The van der Waals surface area contributed by atoms with Crippen molar-refractivity contribution < 1.29 is 4.79 Å². The summed E-state index contributed by atoms with van der Waals surface area (Å²) in [5.74, 6) is 0.842. The number of hydrogen-bond acceptors (Lipinski definition) is 4. The lowest BCUT2D eigenvalue weighted by molar-refractivity contribution is 0.0699. The second-order valence-electron chi connectivity index (χ2n) is 8.41. The van der Waals surface area contributed by atoms with E-state index in [1.807, 2.05) is 71.6 Å². The van der Waals surface area contributed by atoms with E-state index in [0.717, 1.165) is 35.6 Å². The maximum atomic E-state index is 13.2. The van der Waals surface area contributed by atoms with Crippen LogP contribution >= 0.6 is 0 Å². The standard InChI is InChI=1S/C25H26N6O2/c1-28-22(17-21(26-28)18-9-5-3-6-10-18)24(32)30-15-13-19(14-16-30)23-27-29(2)25(33)31(23)20-11-7-4-8-12-20/h3-12,17,19H,13-16H2,1-2H3. The van der Waals surface area contributed by atoms with E-state index in [4.69, 9.17) is 0 Å². The van der Waals surface area contributed by atoms with Crippen molar-refractivity contribution in [2.75, 3.05) is 13.1 Å². The van der Waals surface area contributed by atoms with Gasteiger partial charge in [0, 0.05) is 38.7 Å². The van der Waals surface area contributed by atoms with Crippen molar-refractivity contribution in [3.8, 4) is 16.9 Å². The summed E-state index contributed by atoms with van der Waals surface area (Å²) in [5, 5.41) is 9.07. The molecule has 0 bridgehead atoms. The second-order valence-corrected chi connectivity index (χ2v) is 8.41. The van der Waals surface area contributed by atoms with Gasteiger partial charge < -0.3 is 4.90 Å². The molecule has 1 fully saturated rings. The van der Waals surface area contributed by atoms with Gasteiger partial charge in [-0.3, -0.25) is 9.48 Å². The predicted octanol–water partition coefficient (Wildman–Crippen LogP) is 2.99. The summed E-state index contributed by atoms with van der Waals surface area (Å²) >= 11 is 0. The van der Waals surface area contributed by atoms with Crippen molar-refractivity contribution in [2.45, 2.75) is 18.8 Å². The minimum Gasteiger partial charge on any atom is -0.337 e. The van der Waals surface area contributed by atoms with Crippen LogP contribution in [0.2, 0.25) is 0 Å². The van der Waals surface area contributed by atoms with Gasteiger partial charge in [0.2, 0.25) is 0 Å². The minimum atomic E-state index is -0.155. The van der Waals surface area contributed by atoms with Gasteiger partial charge in [-0.25, -0.2) is 14.0 Å². The summed E-state index contributed by atoms with van der Waals surface area (Å²) in [5.41, 5.74) is 3.01. The summed E-state index contributed by atoms with van der Waals surface area (Å²) in [6, 6.07) is 21.3. The van der Waals surface area contributed by atoms with E-state index >= 15 is 0 Å². The summed E-state index contributed by atoms with van der Waals surface area (Å²) < 4.78 is 4.73. The number of benzene rings is 2. The molecule has 0 aliphatic carbocycles. The highest BCUT2D eigenvalue weighted by atomic mass is 16.2. The van der Waals surface area contributed by atoms with Crippen molar-refractivity contribution in [1.29, 1.82) is 0 Å². The molecule has 8 nitrogen and oxygen atoms in total. The Hall–Kier alpha value is -3.94. The largest absolute Gasteiger partial charge is 0.350 e. The van der Waals surface area contributed by atoms with Crippen molar-refractivity contribution in [3.63, 3.8) is 0 Å². The topological polar surface area (TPSA) is 78.0 Å². The van der Waals surface area contributed by atoms with Crippen LogP contribution in [0.25, 0.3) is 16.9 Å². The molecular weight excluding hydrogens is 416 g/mol. The van der Waals surface area contributed by atoms with E-state index < -0.39 is 0 Å². The smallest absolute Gasteiger partial charge is 0.337 e. The zero-order valence-electron chi connectivity index (χ0n) is 18.8. The van der Waals surface area contributed by atoms with E-state index in [-0.39, 0.29) is 17.5 Å². The van der Waals surface area contributed by atoms with Crippen molar-refractivity contribution in [3.05, 3.63) is 88.7 Å². The molecule has 0 atom stereocenters. The quantitative estimate of drug-likeness (QED) is 0.487.